The van der Waals surface area contributed by atoms with Gasteiger partial charge in [-0.05, 0) is 68.4 Å². The van der Waals surface area contributed by atoms with Crippen molar-refractivity contribution >= 4 is 23.0 Å². The summed E-state index contributed by atoms with van der Waals surface area (Å²) in [6.45, 7) is 5.27. The quantitative estimate of drug-likeness (QED) is 0.202. The summed E-state index contributed by atoms with van der Waals surface area (Å²) in [6.07, 6.45) is 2.58. The number of thiocarbonyl (C=S) groups is 1. The molecule has 0 amide bonds. The topological polar surface area (TPSA) is 94.7 Å². The standard InChI is InChI=1S/C25H29N5O4S/c1-16-14-19(17(2)29(16)21-10-9-18(34-4)15-22(21)30(31)32)24-23(20-8-5-6-11-26-20)27-25(35)28(24)12-7-13-33-3/h5-6,8-11,14-15,23-24H,7,12-13H2,1-4H3,(H,27,35). The first-order valence-electron chi connectivity index (χ1n) is 11.4. The Kier molecular flexibility index (Phi) is 7.32. The fraction of sp³-hybridized carbons (Fsp3) is 0.360. The highest BCUT2D eigenvalue weighted by molar-refractivity contribution is 7.80. The fourth-order valence-corrected chi connectivity index (χ4v) is 5.12. The highest BCUT2D eigenvalue weighted by Gasteiger charge is 2.41. The number of nitro groups is 1. The second-order valence-corrected chi connectivity index (χ2v) is 8.83. The van der Waals surface area contributed by atoms with Crippen molar-refractivity contribution in [1.29, 1.82) is 0 Å². The molecule has 2 atom stereocenters. The molecule has 184 valence electrons. The minimum absolute atomic E-state index is 0.0176. The molecule has 0 saturated carbocycles. The molecule has 1 N–H and O–H groups in total. The number of hydrogen-bond donors (Lipinski definition) is 1. The number of nitrogens with zero attached hydrogens (tertiary/aromatic N) is 4. The van der Waals surface area contributed by atoms with E-state index in [2.05, 4.69) is 21.3 Å². The number of ether oxygens (including phenoxy) is 2. The average molecular weight is 496 g/mol. The van der Waals surface area contributed by atoms with Gasteiger partial charge in [0, 0.05) is 37.8 Å². The Hall–Kier alpha value is -3.50. The molecule has 10 heteroatoms. The maximum Gasteiger partial charge on any atom is 0.296 e. The largest absolute Gasteiger partial charge is 0.496 e. The van der Waals surface area contributed by atoms with Crippen LogP contribution in [0.4, 0.5) is 5.69 Å². The molecule has 3 heterocycles. The number of methoxy groups -OCH3 is 2. The van der Waals surface area contributed by atoms with Crippen molar-refractivity contribution in [1.82, 2.24) is 19.8 Å². The lowest BCUT2D eigenvalue weighted by atomic mass is 9.96. The molecule has 2 aromatic heterocycles. The maximum atomic E-state index is 11.9. The van der Waals surface area contributed by atoms with Crippen molar-refractivity contribution in [2.24, 2.45) is 0 Å². The van der Waals surface area contributed by atoms with Gasteiger partial charge in [-0.2, -0.15) is 0 Å². The van der Waals surface area contributed by atoms with Gasteiger partial charge in [-0.1, -0.05) is 6.07 Å². The van der Waals surface area contributed by atoms with Crippen LogP contribution in [-0.4, -0.2) is 51.9 Å². The lowest BCUT2D eigenvalue weighted by molar-refractivity contribution is -0.384. The maximum absolute atomic E-state index is 11.9. The molecular weight excluding hydrogens is 466 g/mol. The minimum atomic E-state index is -0.379. The predicted octanol–water partition coefficient (Wildman–Crippen LogP) is 4.41. The summed E-state index contributed by atoms with van der Waals surface area (Å²) < 4.78 is 12.4. The van der Waals surface area contributed by atoms with Crippen LogP contribution in [0.2, 0.25) is 0 Å². The van der Waals surface area contributed by atoms with Crippen LogP contribution in [0.1, 0.15) is 41.1 Å². The zero-order valence-electron chi connectivity index (χ0n) is 20.2. The molecule has 1 aliphatic rings. The van der Waals surface area contributed by atoms with E-state index in [0.717, 1.165) is 29.1 Å². The molecule has 2 unspecified atom stereocenters. The Bertz CT molecular complexity index is 1230. The van der Waals surface area contributed by atoms with Gasteiger partial charge in [0.1, 0.15) is 11.4 Å². The molecule has 0 spiro atoms. The van der Waals surface area contributed by atoms with Gasteiger partial charge < -0.3 is 24.3 Å². The number of aryl methyl sites for hydroxylation is 1. The van der Waals surface area contributed by atoms with Crippen molar-refractivity contribution in [2.75, 3.05) is 27.4 Å². The van der Waals surface area contributed by atoms with E-state index in [-0.39, 0.29) is 22.7 Å². The van der Waals surface area contributed by atoms with E-state index in [0.29, 0.717) is 29.7 Å². The SMILES string of the molecule is COCCCN1C(=S)NC(c2ccccn2)C1c1cc(C)n(-c2ccc(OC)cc2[N+](=O)[O-])c1C. The Morgan fingerprint density at radius 2 is 2.00 bits per heavy atom. The minimum Gasteiger partial charge on any atom is -0.496 e. The van der Waals surface area contributed by atoms with Crippen LogP contribution in [0.3, 0.4) is 0 Å². The van der Waals surface area contributed by atoms with Crippen LogP contribution in [0.15, 0.2) is 48.7 Å². The third-order valence-corrected chi connectivity index (χ3v) is 6.71. The number of benzene rings is 1. The van der Waals surface area contributed by atoms with E-state index in [1.165, 1.54) is 13.2 Å². The highest BCUT2D eigenvalue weighted by atomic mass is 32.1. The van der Waals surface area contributed by atoms with E-state index in [9.17, 15) is 10.1 Å². The molecule has 35 heavy (non-hydrogen) atoms. The van der Waals surface area contributed by atoms with Gasteiger partial charge in [0.2, 0.25) is 0 Å². The number of nitrogens with one attached hydrogen (secondary N) is 1. The second kappa shape index (κ2) is 10.4. The van der Waals surface area contributed by atoms with Crippen LogP contribution in [0, 0.1) is 24.0 Å². The third-order valence-electron chi connectivity index (χ3n) is 6.35. The summed E-state index contributed by atoms with van der Waals surface area (Å²) in [6, 6.07) is 12.5. The first kappa shape index (κ1) is 24.6. The number of rotatable bonds is 9. The van der Waals surface area contributed by atoms with E-state index in [1.807, 2.05) is 36.6 Å². The van der Waals surface area contributed by atoms with Gasteiger partial charge in [0.25, 0.3) is 5.69 Å². The smallest absolute Gasteiger partial charge is 0.296 e. The van der Waals surface area contributed by atoms with Crippen molar-refractivity contribution < 1.29 is 14.4 Å². The lowest BCUT2D eigenvalue weighted by Crippen LogP contribution is -2.31. The zero-order valence-corrected chi connectivity index (χ0v) is 21.0. The summed E-state index contributed by atoms with van der Waals surface area (Å²) >= 11 is 5.74. The molecule has 0 bridgehead atoms. The van der Waals surface area contributed by atoms with E-state index >= 15 is 0 Å². The Labute approximate surface area is 209 Å². The monoisotopic (exact) mass is 495 g/mol. The van der Waals surface area contributed by atoms with E-state index in [4.69, 9.17) is 21.7 Å². The Morgan fingerprint density at radius 3 is 2.66 bits per heavy atom. The van der Waals surface area contributed by atoms with Crippen molar-refractivity contribution in [3.05, 3.63) is 81.4 Å². The van der Waals surface area contributed by atoms with Crippen LogP contribution >= 0.6 is 12.2 Å². The first-order valence-corrected chi connectivity index (χ1v) is 11.8. The summed E-state index contributed by atoms with van der Waals surface area (Å²) in [5, 5.41) is 16.0. The molecule has 4 rings (SSSR count). The number of pyridine rings is 1. The van der Waals surface area contributed by atoms with Gasteiger partial charge in [0.15, 0.2) is 5.11 Å². The van der Waals surface area contributed by atoms with Gasteiger partial charge >= 0.3 is 0 Å². The zero-order chi connectivity index (χ0) is 25.1. The summed E-state index contributed by atoms with van der Waals surface area (Å²) in [4.78, 5) is 18.3. The highest BCUT2D eigenvalue weighted by Crippen LogP contribution is 2.42. The lowest BCUT2D eigenvalue weighted by Gasteiger charge is -2.28. The molecule has 1 fully saturated rings. The van der Waals surface area contributed by atoms with E-state index in [1.54, 1.807) is 25.4 Å². The molecule has 0 aliphatic carbocycles. The number of hydrogen-bond acceptors (Lipinski definition) is 6. The van der Waals surface area contributed by atoms with Crippen LogP contribution < -0.4 is 10.1 Å². The summed E-state index contributed by atoms with van der Waals surface area (Å²) in [7, 11) is 3.18. The van der Waals surface area contributed by atoms with Crippen LogP contribution in [0.25, 0.3) is 5.69 Å². The molecule has 0 radical (unpaired) electrons. The van der Waals surface area contributed by atoms with Gasteiger partial charge in [-0.15, -0.1) is 0 Å². The Morgan fingerprint density at radius 1 is 1.20 bits per heavy atom. The van der Waals surface area contributed by atoms with Crippen molar-refractivity contribution in [2.45, 2.75) is 32.4 Å². The summed E-state index contributed by atoms with van der Waals surface area (Å²) in [5.74, 6) is 0.438. The van der Waals surface area contributed by atoms with Crippen molar-refractivity contribution in [3.63, 3.8) is 0 Å². The van der Waals surface area contributed by atoms with E-state index < -0.39 is 0 Å². The van der Waals surface area contributed by atoms with Gasteiger partial charge in [-0.3, -0.25) is 15.1 Å². The molecule has 9 nitrogen and oxygen atoms in total. The van der Waals surface area contributed by atoms with Crippen LogP contribution in [0.5, 0.6) is 5.75 Å². The molecular formula is C25H29N5O4S. The van der Waals surface area contributed by atoms with Gasteiger partial charge in [0.05, 0.1) is 35.9 Å². The fourth-order valence-electron chi connectivity index (χ4n) is 4.79. The third kappa shape index (κ3) is 4.71. The molecule has 1 aliphatic heterocycles. The first-order chi connectivity index (χ1) is 16.9. The predicted molar refractivity (Wildman–Crippen MR) is 137 cm³/mol. The van der Waals surface area contributed by atoms with Crippen LogP contribution in [-0.2, 0) is 4.74 Å². The normalized spacial score (nSPS) is 17.5. The van der Waals surface area contributed by atoms with Gasteiger partial charge in [-0.25, -0.2) is 0 Å². The van der Waals surface area contributed by atoms with Crippen molar-refractivity contribution in [3.8, 4) is 11.4 Å². The Balaban J connectivity index is 1.83. The summed E-state index contributed by atoms with van der Waals surface area (Å²) in [5.41, 5.74) is 4.19. The number of nitro benzene ring substituents is 1. The molecule has 1 saturated heterocycles. The second-order valence-electron chi connectivity index (χ2n) is 8.44. The number of aromatic nitrogens is 2. The molecule has 3 aromatic rings. The molecule has 1 aromatic carbocycles. The average Bonchev–Trinajstić information content (AvgIpc) is 3.34.